The van der Waals surface area contributed by atoms with Crippen molar-refractivity contribution in [2.75, 3.05) is 0 Å². The molecule has 1 aromatic heterocycles. The van der Waals surface area contributed by atoms with Crippen LogP contribution in [0.2, 0.25) is 5.02 Å². The summed E-state index contributed by atoms with van der Waals surface area (Å²) >= 11 is 6.00. The van der Waals surface area contributed by atoms with E-state index in [1.165, 1.54) is 6.07 Å². The van der Waals surface area contributed by atoms with Crippen LogP contribution in [-0.4, -0.2) is 11.1 Å². The van der Waals surface area contributed by atoms with Crippen LogP contribution in [0.15, 0.2) is 59.1 Å². The van der Waals surface area contributed by atoms with Crippen LogP contribution in [0, 0.1) is 5.82 Å². The number of aromatic nitrogens is 1. The first-order chi connectivity index (χ1) is 11.6. The van der Waals surface area contributed by atoms with Gasteiger partial charge in [-0.3, -0.25) is 4.79 Å². The first-order valence-electron chi connectivity index (χ1n) is 7.23. The Labute approximate surface area is 142 Å². The van der Waals surface area contributed by atoms with Gasteiger partial charge in [-0.15, -0.1) is 0 Å². The van der Waals surface area contributed by atoms with Gasteiger partial charge in [0.25, 0.3) is 0 Å². The van der Waals surface area contributed by atoms with E-state index in [9.17, 15) is 9.18 Å². The first-order valence-corrected chi connectivity index (χ1v) is 7.61. The molecule has 0 bridgehead atoms. The number of ether oxygens (including phenoxy) is 1. The third kappa shape index (κ3) is 3.81. The van der Waals surface area contributed by atoms with Gasteiger partial charge in [0.15, 0.2) is 5.76 Å². The topological polar surface area (TPSA) is 52.3 Å². The molecule has 2 aromatic carbocycles. The summed E-state index contributed by atoms with van der Waals surface area (Å²) in [7, 11) is 0. The predicted molar refractivity (Wildman–Crippen MR) is 86.8 cm³/mol. The molecule has 3 aromatic rings. The molecule has 0 saturated heterocycles. The summed E-state index contributed by atoms with van der Waals surface area (Å²) in [6, 6.07) is 14.8. The molecule has 0 aliphatic heterocycles. The lowest BCUT2D eigenvalue weighted by molar-refractivity contribution is -0.144. The van der Waals surface area contributed by atoms with Crippen LogP contribution in [0.3, 0.4) is 0 Å². The van der Waals surface area contributed by atoms with Gasteiger partial charge in [-0.2, -0.15) is 0 Å². The van der Waals surface area contributed by atoms with Crippen LogP contribution >= 0.6 is 11.6 Å². The Hall–Kier alpha value is -2.66. The van der Waals surface area contributed by atoms with E-state index in [2.05, 4.69) is 5.16 Å². The second kappa shape index (κ2) is 7.27. The monoisotopic (exact) mass is 345 g/mol. The summed E-state index contributed by atoms with van der Waals surface area (Å²) in [5.74, 6) is -0.556. The highest BCUT2D eigenvalue weighted by atomic mass is 35.5. The molecule has 4 nitrogen and oxygen atoms in total. The number of esters is 1. The molecule has 3 rings (SSSR count). The first kappa shape index (κ1) is 16.2. The molecule has 0 atom stereocenters. The van der Waals surface area contributed by atoms with Crippen LogP contribution in [0.4, 0.5) is 4.39 Å². The highest BCUT2D eigenvalue weighted by molar-refractivity contribution is 6.31. The molecule has 0 fully saturated rings. The zero-order chi connectivity index (χ0) is 16.9. The molecule has 0 N–H and O–H groups in total. The summed E-state index contributed by atoms with van der Waals surface area (Å²) in [4.78, 5) is 11.9. The van der Waals surface area contributed by atoms with E-state index < -0.39 is 11.8 Å². The highest BCUT2D eigenvalue weighted by Gasteiger charge is 2.13. The van der Waals surface area contributed by atoms with E-state index in [-0.39, 0.29) is 18.8 Å². The lowest BCUT2D eigenvalue weighted by Gasteiger charge is -2.04. The average Bonchev–Trinajstić information content (AvgIpc) is 3.04. The molecular formula is C18H13ClFNO3. The van der Waals surface area contributed by atoms with Gasteiger partial charge < -0.3 is 9.26 Å². The number of carbonyl (C=O) groups excluding carboxylic acids is 1. The maximum absolute atomic E-state index is 13.7. The van der Waals surface area contributed by atoms with E-state index in [0.29, 0.717) is 21.8 Å². The maximum atomic E-state index is 13.7. The van der Waals surface area contributed by atoms with Gasteiger partial charge in [0.1, 0.15) is 18.1 Å². The van der Waals surface area contributed by atoms with Crippen molar-refractivity contribution >= 4 is 17.6 Å². The Bertz CT molecular complexity index is 863. The minimum Gasteiger partial charge on any atom is -0.459 e. The van der Waals surface area contributed by atoms with Crippen molar-refractivity contribution in [3.05, 3.63) is 76.7 Å². The van der Waals surface area contributed by atoms with Gasteiger partial charge in [-0.25, -0.2) is 4.39 Å². The van der Waals surface area contributed by atoms with Crippen LogP contribution < -0.4 is 0 Å². The normalized spacial score (nSPS) is 10.6. The van der Waals surface area contributed by atoms with Crippen LogP contribution in [0.1, 0.15) is 11.3 Å². The summed E-state index contributed by atoms with van der Waals surface area (Å²) in [6.07, 6.45) is 0.0672. The quantitative estimate of drug-likeness (QED) is 0.642. The summed E-state index contributed by atoms with van der Waals surface area (Å²) in [5, 5.41) is 4.30. The molecule has 1 heterocycles. The minimum absolute atomic E-state index is 0.0543. The standard InChI is InChI=1S/C18H13ClFNO3/c19-15-7-3-1-5-12(15)9-18(22)23-11-13-10-17(24-21-13)14-6-2-4-8-16(14)20/h1-8,10H,9,11H2. The van der Waals surface area contributed by atoms with Gasteiger partial charge in [0.05, 0.1) is 12.0 Å². The molecule has 0 spiro atoms. The van der Waals surface area contributed by atoms with Crippen molar-refractivity contribution in [2.45, 2.75) is 13.0 Å². The van der Waals surface area contributed by atoms with E-state index in [4.69, 9.17) is 20.9 Å². The SMILES string of the molecule is O=C(Cc1ccccc1Cl)OCc1cc(-c2ccccc2F)on1. The Morgan fingerprint density at radius 3 is 2.71 bits per heavy atom. The Kier molecular flexibility index (Phi) is 4.91. The average molecular weight is 346 g/mol. The van der Waals surface area contributed by atoms with E-state index in [0.717, 1.165) is 0 Å². The largest absolute Gasteiger partial charge is 0.459 e. The maximum Gasteiger partial charge on any atom is 0.310 e. The molecule has 0 amide bonds. The Balaban J connectivity index is 1.61. The molecule has 0 radical (unpaired) electrons. The Morgan fingerprint density at radius 2 is 1.92 bits per heavy atom. The number of benzene rings is 2. The number of hydrogen-bond donors (Lipinski definition) is 0. The fourth-order valence-electron chi connectivity index (χ4n) is 2.17. The predicted octanol–water partition coefficient (Wildman–Crippen LogP) is 4.42. The van der Waals surface area contributed by atoms with Crippen molar-refractivity contribution in [1.29, 1.82) is 0 Å². The van der Waals surface area contributed by atoms with Crippen LogP contribution in [-0.2, 0) is 22.6 Å². The minimum atomic E-state index is -0.432. The smallest absolute Gasteiger partial charge is 0.310 e. The van der Waals surface area contributed by atoms with E-state index in [1.807, 2.05) is 0 Å². The summed E-state index contributed by atoms with van der Waals surface area (Å²) in [6.45, 7) is -0.0543. The number of halogens is 2. The van der Waals surface area contributed by atoms with Gasteiger partial charge in [-0.05, 0) is 23.8 Å². The van der Waals surface area contributed by atoms with Gasteiger partial charge in [0.2, 0.25) is 0 Å². The number of hydrogen-bond acceptors (Lipinski definition) is 4. The second-order valence-electron chi connectivity index (χ2n) is 5.09. The molecule has 0 saturated carbocycles. The molecule has 0 unspecified atom stereocenters. The molecule has 0 aliphatic carbocycles. The number of rotatable bonds is 5. The summed E-state index contributed by atoms with van der Waals surface area (Å²) in [5.41, 5.74) is 1.40. The van der Waals surface area contributed by atoms with E-state index in [1.54, 1.807) is 48.5 Å². The van der Waals surface area contributed by atoms with Crippen molar-refractivity contribution < 1.29 is 18.4 Å². The lowest BCUT2D eigenvalue weighted by Crippen LogP contribution is -2.08. The highest BCUT2D eigenvalue weighted by Crippen LogP contribution is 2.23. The molecule has 6 heteroatoms. The van der Waals surface area contributed by atoms with E-state index >= 15 is 0 Å². The van der Waals surface area contributed by atoms with Crippen LogP contribution in [0.25, 0.3) is 11.3 Å². The third-order valence-electron chi connectivity index (χ3n) is 3.37. The number of carbonyl (C=O) groups is 1. The number of nitrogens with zero attached hydrogens (tertiary/aromatic N) is 1. The van der Waals surface area contributed by atoms with Crippen LogP contribution in [0.5, 0.6) is 0 Å². The molecule has 24 heavy (non-hydrogen) atoms. The molecule has 0 aliphatic rings. The van der Waals surface area contributed by atoms with Gasteiger partial charge in [0, 0.05) is 11.1 Å². The zero-order valence-electron chi connectivity index (χ0n) is 12.5. The van der Waals surface area contributed by atoms with Crippen molar-refractivity contribution in [2.24, 2.45) is 0 Å². The fourth-order valence-corrected chi connectivity index (χ4v) is 2.37. The van der Waals surface area contributed by atoms with Crippen molar-refractivity contribution in [3.8, 4) is 11.3 Å². The third-order valence-corrected chi connectivity index (χ3v) is 3.74. The van der Waals surface area contributed by atoms with Crippen molar-refractivity contribution in [1.82, 2.24) is 5.16 Å². The Morgan fingerprint density at radius 1 is 1.17 bits per heavy atom. The lowest BCUT2D eigenvalue weighted by atomic mass is 10.1. The summed E-state index contributed by atoms with van der Waals surface area (Å²) < 4.78 is 23.9. The fraction of sp³-hybridized carbons (Fsp3) is 0.111. The second-order valence-corrected chi connectivity index (χ2v) is 5.50. The van der Waals surface area contributed by atoms with Gasteiger partial charge in [-0.1, -0.05) is 47.1 Å². The molecule has 122 valence electrons. The molecular weight excluding hydrogens is 333 g/mol. The van der Waals surface area contributed by atoms with Crippen molar-refractivity contribution in [3.63, 3.8) is 0 Å². The van der Waals surface area contributed by atoms with Gasteiger partial charge >= 0.3 is 5.97 Å². The zero-order valence-corrected chi connectivity index (χ0v) is 13.3.